The van der Waals surface area contributed by atoms with Crippen LogP contribution in [0.3, 0.4) is 0 Å². The number of carbonyl (C=O) groups excluding carboxylic acids is 1. The molecule has 1 rings (SSSR count). The Morgan fingerprint density at radius 3 is 2.83 bits per heavy atom. The molecule has 0 radical (unpaired) electrons. The van der Waals surface area contributed by atoms with Crippen molar-refractivity contribution in [1.82, 2.24) is 0 Å². The first-order valence-corrected chi connectivity index (χ1v) is 9.75. The van der Waals surface area contributed by atoms with Gasteiger partial charge in [0.15, 0.2) is 0 Å². The fourth-order valence-corrected chi connectivity index (χ4v) is 3.44. The normalized spacial score (nSPS) is 22.5. The van der Waals surface area contributed by atoms with Gasteiger partial charge in [-0.15, -0.1) is 0 Å². The van der Waals surface area contributed by atoms with E-state index < -0.39 is 0 Å². The van der Waals surface area contributed by atoms with Gasteiger partial charge >= 0.3 is 5.97 Å². The van der Waals surface area contributed by atoms with Gasteiger partial charge in [-0.3, -0.25) is 4.79 Å². The van der Waals surface area contributed by atoms with Crippen molar-refractivity contribution >= 4 is 5.97 Å². The molecule has 0 aromatic rings. The van der Waals surface area contributed by atoms with E-state index in [0.717, 1.165) is 32.1 Å². The second-order valence-electron chi connectivity index (χ2n) is 6.98. The highest BCUT2D eigenvalue weighted by Gasteiger charge is 2.23. The smallest absolute Gasteiger partial charge is 0.305 e. The summed E-state index contributed by atoms with van der Waals surface area (Å²) in [6.45, 7) is 2.19. The molecular weight excluding hydrogens is 300 g/mol. The van der Waals surface area contributed by atoms with Crippen LogP contribution >= 0.6 is 0 Å². The molecule has 1 aliphatic carbocycles. The van der Waals surface area contributed by atoms with Crippen LogP contribution in [-0.4, -0.2) is 24.3 Å². The summed E-state index contributed by atoms with van der Waals surface area (Å²) in [5.74, 6) is 1.20. The van der Waals surface area contributed by atoms with Crippen LogP contribution in [0.2, 0.25) is 0 Å². The lowest BCUT2D eigenvalue weighted by Gasteiger charge is -2.15. The van der Waals surface area contributed by atoms with E-state index in [-0.39, 0.29) is 12.1 Å². The van der Waals surface area contributed by atoms with Crippen LogP contribution in [0.5, 0.6) is 0 Å². The molecule has 3 nitrogen and oxygen atoms in total. The number of ether oxygens (including phenoxy) is 1. The van der Waals surface area contributed by atoms with Gasteiger partial charge in [0.1, 0.15) is 0 Å². The highest BCUT2D eigenvalue weighted by Crippen LogP contribution is 2.35. The summed E-state index contributed by atoms with van der Waals surface area (Å²) in [6, 6.07) is 0. The van der Waals surface area contributed by atoms with Crippen LogP contribution in [0.15, 0.2) is 24.3 Å². The van der Waals surface area contributed by atoms with Crippen molar-refractivity contribution in [2.24, 2.45) is 11.8 Å². The van der Waals surface area contributed by atoms with Crippen molar-refractivity contribution in [2.75, 3.05) is 7.11 Å². The number of aliphatic hydroxyl groups is 1. The molecule has 0 aromatic heterocycles. The molecule has 1 fully saturated rings. The summed E-state index contributed by atoms with van der Waals surface area (Å²) < 4.78 is 4.64. The lowest BCUT2D eigenvalue weighted by atomic mass is 9.91. The van der Waals surface area contributed by atoms with Gasteiger partial charge in [0.2, 0.25) is 0 Å². The fourth-order valence-electron chi connectivity index (χ4n) is 3.44. The molecule has 24 heavy (non-hydrogen) atoms. The van der Waals surface area contributed by atoms with Gasteiger partial charge < -0.3 is 9.84 Å². The van der Waals surface area contributed by atoms with E-state index >= 15 is 0 Å². The number of unbranched alkanes of at least 4 members (excludes halogenated alkanes) is 3. The zero-order valence-electron chi connectivity index (χ0n) is 15.6. The van der Waals surface area contributed by atoms with Gasteiger partial charge in [-0.2, -0.15) is 0 Å². The summed E-state index contributed by atoms with van der Waals surface area (Å²) >= 11 is 0. The Kier molecular flexibility index (Phi) is 11.5. The summed E-state index contributed by atoms with van der Waals surface area (Å²) in [5.41, 5.74) is 0. The third-order valence-electron chi connectivity index (χ3n) is 4.99. The number of rotatable bonds is 12. The quantitative estimate of drug-likeness (QED) is 0.303. The second-order valence-corrected chi connectivity index (χ2v) is 6.98. The monoisotopic (exact) mass is 336 g/mol. The molecule has 3 atom stereocenters. The zero-order valence-corrected chi connectivity index (χ0v) is 15.6. The van der Waals surface area contributed by atoms with Crippen molar-refractivity contribution < 1.29 is 14.6 Å². The Morgan fingerprint density at radius 1 is 1.25 bits per heavy atom. The Labute approximate surface area is 148 Å². The van der Waals surface area contributed by atoms with E-state index in [2.05, 4.69) is 29.9 Å². The first-order valence-electron chi connectivity index (χ1n) is 9.75. The third-order valence-corrected chi connectivity index (χ3v) is 4.99. The van der Waals surface area contributed by atoms with Crippen molar-refractivity contribution in [1.29, 1.82) is 0 Å². The molecule has 0 spiro atoms. The molecule has 0 amide bonds. The maximum atomic E-state index is 11.0. The minimum absolute atomic E-state index is 0.123. The molecule has 138 valence electrons. The highest BCUT2D eigenvalue weighted by molar-refractivity contribution is 5.69. The Hall–Kier alpha value is -1.09. The molecule has 0 saturated heterocycles. The lowest BCUT2D eigenvalue weighted by Crippen LogP contribution is -2.07. The van der Waals surface area contributed by atoms with Gasteiger partial charge in [0.25, 0.3) is 0 Å². The largest absolute Gasteiger partial charge is 0.469 e. The summed E-state index contributed by atoms with van der Waals surface area (Å²) in [6.07, 6.45) is 20.1. The topological polar surface area (TPSA) is 46.5 Å². The summed E-state index contributed by atoms with van der Waals surface area (Å²) in [4.78, 5) is 11.0. The molecule has 0 bridgehead atoms. The molecule has 3 heteroatoms. The first kappa shape index (κ1) is 21.0. The number of hydrogen-bond acceptors (Lipinski definition) is 3. The van der Waals surface area contributed by atoms with Gasteiger partial charge in [-0.1, -0.05) is 56.9 Å². The number of allylic oxidation sites excluding steroid dienone is 3. The van der Waals surface area contributed by atoms with E-state index in [1.54, 1.807) is 0 Å². The summed E-state index contributed by atoms with van der Waals surface area (Å²) in [7, 11) is 1.44. The lowest BCUT2D eigenvalue weighted by molar-refractivity contribution is -0.140. The zero-order chi connectivity index (χ0) is 17.6. The van der Waals surface area contributed by atoms with E-state index in [9.17, 15) is 9.90 Å². The standard InChI is InChI=1S/C21H36O3/c1-3-4-7-14-20(22)17-16-19-13-10-12-18(19)11-8-5-6-9-15-21(23)24-2/h5,8,16-20,22H,3-4,6-7,9-15H2,1-2H3/t18-,19+,20?/m0/s1. The van der Waals surface area contributed by atoms with Gasteiger partial charge in [0, 0.05) is 6.42 Å². The Bertz CT molecular complexity index is 387. The van der Waals surface area contributed by atoms with E-state index in [0.29, 0.717) is 18.3 Å². The van der Waals surface area contributed by atoms with Crippen molar-refractivity contribution in [3.63, 3.8) is 0 Å². The van der Waals surface area contributed by atoms with Crippen molar-refractivity contribution in [2.45, 2.75) is 83.7 Å². The molecule has 0 aromatic carbocycles. The summed E-state index contributed by atoms with van der Waals surface area (Å²) in [5, 5.41) is 10.0. The van der Waals surface area contributed by atoms with E-state index in [1.165, 1.54) is 39.2 Å². The molecule has 1 saturated carbocycles. The van der Waals surface area contributed by atoms with Crippen LogP contribution in [-0.2, 0) is 9.53 Å². The molecule has 0 aliphatic heterocycles. The minimum Gasteiger partial charge on any atom is -0.469 e. The molecule has 1 unspecified atom stereocenters. The predicted molar refractivity (Wildman–Crippen MR) is 99.7 cm³/mol. The van der Waals surface area contributed by atoms with Crippen molar-refractivity contribution in [3.8, 4) is 0 Å². The highest BCUT2D eigenvalue weighted by atomic mass is 16.5. The minimum atomic E-state index is -0.272. The number of esters is 1. The average Bonchev–Trinajstić information content (AvgIpc) is 3.03. The Morgan fingerprint density at radius 2 is 2.08 bits per heavy atom. The van der Waals surface area contributed by atoms with Gasteiger partial charge in [-0.05, 0) is 50.4 Å². The average molecular weight is 337 g/mol. The molecule has 1 aliphatic rings. The number of carbonyl (C=O) groups is 1. The van der Waals surface area contributed by atoms with Crippen LogP contribution in [0, 0.1) is 11.8 Å². The van der Waals surface area contributed by atoms with Crippen LogP contribution in [0.25, 0.3) is 0 Å². The number of aliphatic hydroxyl groups excluding tert-OH is 1. The third kappa shape index (κ3) is 9.27. The van der Waals surface area contributed by atoms with Crippen LogP contribution < -0.4 is 0 Å². The SMILES string of the molecule is CCCCCC(O)C=C[C@H]1CCC[C@@H]1CC=CCCCC(=O)OC. The van der Waals surface area contributed by atoms with Crippen LogP contribution in [0.4, 0.5) is 0 Å². The Balaban J connectivity index is 2.23. The van der Waals surface area contributed by atoms with E-state index in [4.69, 9.17) is 0 Å². The maximum absolute atomic E-state index is 11.0. The van der Waals surface area contributed by atoms with Gasteiger partial charge in [0.05, 0.1) is 13.2 Å². The van der Waals surface area contributed by atoms with Gasteiger partial charge in [-0.25, -0.2) is 0 Å². The first-order chi connectivity index (χ1) is 11.7. The maximum Gasteiger partial charge on any atom is 0.305 e. The molecule has 1 N–H and O–H groups in total. The molecular formula is C21H36O3. The predicted octanol–water partition coefficient (Wildman–Crippen LogP) is 5.19. The number of methoxy groups -OCH3 is 1. The second kappa shape index (κ2) is 13.2. The van der Waals surface area contributed by atoms with Crippen molar-refractivity contribution in [3.05, 3.63) is 24.3 Å². The van der Waals surface area contributed by atoms with E-state index in [1.807, 2.05) is 6.08 Å². The number of hydrogen-bond donors (Lipinski definition) is 1. The van der Waals surface area contributed by atoms with Crippen LogP contribution in [0.1, 0.15) is 77.6 Å². The molecule has 0 heterocycles. The fraction of sp³-hybridized carbons (Fsp3) is 0.762.